The number of unbranched alkanes of at least 4 members (excludes halogenated alkanes) is 1. The van der Waals surface area contributed by atoms with E-state index in [1.54, 1.807) is 29.2 Å². The molecule has 1 aliphatic heterocycles. The van der Waals surface area contributed by atoms with Crippen LogP contribution in [-0.2, 0) is 11.2 Å². The van der Waals surface area contributed by atoms with Crippen molar-refractivity contribution < 1.29 is 9.18 Å². The fourth-order valence-electron chi connectivity index (χ4n) is 3.72. The number of carbonyl (C=O) groups is 1. The van der Waals surface area contributed by atoms with Crippen LogP contribution < -0.4 is 4.90 Å². The lowest BCUT2D eigenvalue weighted by atomic mass is 10.1. The third-order valence-corrected chi connectivity index (χ3v) is 5.70. The lowest BCUT2D eigenvalue weighted by molar-refractivity contribution is -0.113. The summed E-state index contributed by atoms with van der Waals surface area (Å²) in [5.41, 5.74) is 4.74. The molecule has 0 saturated carbocycles. The van der Waals surface area contributed by atoms with Crippen LogP contribution in [0.5, 0.6) is 0 Å². The Bertz CT molecular complexity index is 1200. The Morgan fingerprint density at radius 1 is 1.03 bits per heavy atom. The van der Waals surface area contributed by atoms with Crippen molar-refractivity contribution in [3.05, 3.63) is 106 Å². The first-order valence-electron chi connectivity index (χ1n) is 10.7. The molecule has 162 valence electrons. The molecule has 0 radical (unpaired) electrons. The van der Waals surface area contributed by atoms with Gasteiger partial charge < -0.3 is 0 Å². The van der Waals surface area contributed by atoms with Gasteiger partial charge in [0, 0.05) is 10.6 Å². The molecule has 5 heteroatoms. The number of carbonyl (C=O) groups excluding carboxylic acids is 1. The van der Waals surface area contributed by atoms with Gasteiger partial charge in [-0.15, -0.1) is 0 Å². The van der Waals surface area contributed by atoms with Crippen LogP contribution in [0.3, 0.4) is 0 Å². The molecule has 3 aromatic carbocycles. The minimum atomic E-state index is -0.323. The highest BCUT2D eigenvalue weighted by Crippen LogP contribution is 2.31. The summed E-state index contributed by atoms with van der Waals surface area (Å²) in [7, 11) is 0. The fourth-order valence-corrected chi connectivity index (χ4v) is 3.95. The number of hydrogen-bond donors (Lipinski definition) is 0. The molecule has 4 rings (SSSR count). The molecule has 3 nitrogen and oxygen atoms in total. The lowest BCUT2D eigenvalue weighted by Gasteiger charge is -2.21. The monoisotopic (exact) mass is 446 g/mol. The molecule has 0 spiro atoms. The number of hydrogen-bond acceptors (Lipinski definition) is 2. The van der Waals surface area contributed by atoms with Crippen molar-refractivity contribution in [3.8, 4) is 0 Å². The van der Waals surface area contributed by atoms with Crippen LogP contribution in [0.15, 0.2) is 77.4 Å². The molecule has 0 unspecified atom stereocenters. The van der Waals surface area contributed by atoms with Gasteiger partial charge in [0.1, 0.15) is 17.3 Å². The molecule has 0 atom stereocenters. The number of benzene rings is 3. The summed E-state index contributed by atoms with van der Waals surface area (Å²) in [4.78, 5) is 19.8. The Morgan fingerprint density at radius 2 is 1.75 bits per heavy atom. The molecular weight excluding hydrogens is 423 g/mol. The van der Waals surface area contributed by atoms with E-state index in [2.05, 4.69) is 19.1 Å². The summed E-state index contributed by atoms with van der Waals surface area (Å²) < 4.78 is 13.3. The van der Waals surface area contributed by atoms with Gasteiger partial charge in [-0.25, -0.2) is 9.38 Å². The van der Waals surface area contributed by atoms with Gasteiger partial charge in [-0.1, -0.05) is 61.3 Å². The highest BCUT2D eigenvalue weighted by molar-refractivity contribution is 6.34. The first-order chi connectivity index (χ1) is 15.5. The van der Waals surface area contributed by atoms with Gasteiger partial charge in [0.05, 0.1) is 5.69 Å². The van der Waals surface area contributed by atoms with Gasteiger partial charge in [-0.05, 0) is 72.9 Å². The van der Waals surface area contributed by atoms with Crippen molar-refractivity contribution in [1.29, 1.82) is 0 Å². The van der Waals surface area contributed by atoms with Crippen LogP contribution in [0.4, 0.5) is 10.1 Å². The molecule has 0 aromatic heterocycles. The molecule has 1 aliphatic rings. The number of rotatable bonds is 6. The molecule has 0 bridgehead atoms. The third-order valence-electron chi connectivity index (χ3n) is 5.46. The smallest absolute Gasteiger partial charge is 0.266 e. The summed E-state index contributed by atoms with van der Waals surface area (Å²) in [6, 6.07) is 19.6. The highest BCUT2D eigenvalue weighted by atomic mass is 35.5. The molecule has 0 fully saturated rings. The van der Waals surface area contributed by atoms with E-state index in [0.29, 0.717) is 22.1 Å². The number of amides is 1. The van der Waals surface area contributed by atoms with Gasteiger partial charge in [0.25, 0.3) is 5.91 Å². The number of halogens is 2. The average molecular weight is 447 g/mol. The fraction of sp³-hybridized carbons (Fsp3) is 0.185. The van der Waals surface area contributed by atoms with Crippen LogP contribution >= 0.6 is 11.6 Å². The van der Waals surface area contributed by atoms with E-state index in [1.165, 1.54) is 17.7 Å². The third kappa shape index (κ3) is 4.66. The molecule has 1 heterocycles. The molecule has 32 heavy (non-hydrogen) atoms. The Kier molecular flexibility index (Phi) is 6.52. The van der Waals surface area contributed by atoms with Gasteiger partial charge in [-0.3, -0.25) is 9.69 Å². The minimum Gasteiger partial charge on any atom is -0.266 e. The topological polar surface area (TPSA) is 32.7 Å². The van der Waals surface area contributed by atoms with Gasteiger partial charge in [0.15, 0.2) is 0 Å². The highest BCUT2D eigenvalue weighted by Gasteiger charge is 2.33. The average Bonchev–Trinajstić information content (AvgIpc) is 3.10. The quantitative estimate of drug-likeness (QED) is 0.376. The van der Waals surface area contributed by atoms with E-state index in [4.69, 9.17) is 16.6 Å². The van der Waals surface area contributed by atoms with Gasteiger partial charge >= 0.3 is 0 Å². The number of amidine groups is 1. The van der Waals surface area contributed by atoms with Crippen LogP contribution in [0.1, 0.15) is 42.0 Å². The summed E-state index contributed by atoms with van der Waals surface area (Å²) >= 11 is 6.15. The second kappa shape index (κ2) is 9.49. The standard InChI is InChI=1S/C27H24ClFN2O/c1-3-4-5-19-6-10-21(11-7-19)26-30-24(17-20-8-13-23(29)14-9-20)27(32)31(26)25-15-12-22(28)16-18(25)2/h6-17H,3-5H2,1-2H3/b24-17-. The maximum atomic E-state index is 13.4. The lowest BCUT2D eigenvalue weighted by Crippen LogP contribution is -2.33. The normalized spacial score (nSPS) is 14.9. The van der Waals surface area contributed by atoms with E-state index in [-0.39, 0.29) is 11.7 Å². The van der Waals surface area contributed by atoms with Crippen LogP contribution in [0.2, 0.25) is 5.02 Å². The molecule has 1 amide bonds. The predicted octanol–water partition coefficient (Wildman–Crippen LogP) is 6.96. The SMILES string of the molecule is CCCCc1ccc(C2=N/C(=C\c3ccc(F)cc3)C(=O)N2c2ccc(Cl)cc2C)cc1. The Labute approximate surface area is 192 Å². The van der Waals surface area contributed by atoms with Crippen molar-refractivity contribution in [1.82, 2.24) is 0 Å². The van der Waals surface area contributed by atoms with E-state index < -0.39 is 0 Å². The van der Waals surface area contributed by atoms with Crippen molar-refractivity contribution in [2.45, 2.75) is 33.1 Å². The van der Waals surface area contributed by atoms with E-state index >= 15 is 0 Å². The molecular formula is C27H24ClFN2O. The van der Waals surface area contributed by atoms with Crippen LogP contribution in [0, 0.1) is 12.7 Å². The van der Waals surface area contributed by atoms with Gasteiger partial charge in [-0.2, -0.15) is 0 Å². The largest absolute Gasteiger partial charge is 0.282 e. The predicted molar refractivity (Wildman–Crippen MR) is 130 cm³/mol. The Hall–Kier alpha value is -3.24. The summed E-state index contributed by atoms with van der Waals surface area (Å²) in [6.45, 7) is 4.09. The number of aryl methyl sites for hydroxylation is 2. The van der Waals surface area contributed by atoms with E-state index in [1.807, 2.05) is 31.2 Å². The molecule has 0 N–H and O–H groups in total. The number of anilines is 1. The zero-order valence-corrected chi connectivity index (χ0v) is 18.9. The summed E-state index contributed by atoms with van der Waals surface area (Å²) in [6.07, 6.45) is 4.99. The molecule has 0 aliphatic carbocycles. The van der Waals surface area contributed by atoms with Crippen molar-refractivity contribution in [2.75, 3.05) is 4.90 Å². The first-order valence-corrected chi connectivity index (χ1v) is 11.1. The second-order valence-corrected chi connectivity index (χ2v) is 8.32. The van der Waals surface area contributed by atoms with E-state index in [9.17, 15) is 9.18 Å². The maximum absolute atomic E-state index is 13.4. The van der Waals surface area contributed by atoms with Crippen LogP contribution in [-0.4, -0.2) is 11.7 Å². The van der Waals surface area contributed by atoms with Gasteiger partial charge in [0.2, 0.25) is 0 Å². The Morgan fingerprint density at radius 3 is 2.41 bits per heavy atom. The van der Waals surface area contributed by atoms with Crippen LogP contribution in [0.25, 0.3) is 6.08 Å². The van der Waals surface area contributed by atoms with Crippen molar-refractivity contribution in [2.24, 2.45) is 4.99 Å². The van der Waals surface area contributed by atoms with Crippen molar-refractivity contribution >= 4 is 35.1 Å². The van der Waals surface area contributed by atoms with Crippen molar-refractivity contribution in [3.63, 3.8) is 0 Å². The minimum absolute atomic E-state index is 0.232. The molecule has 3 aromatic rings. The summed E-state index contributed by atoms with van der Waals surface area (Å²) in [5, 5.41) is 0.610. The van der Waals surface area contributed by atoms with E-state index in [0.717, 1.165) is 36.1 Å². The zero-order valence-electron chi connectivity index (χ0n) is 18.1. The maximum Gasteiger partial charge on any atom is 0.282 e. The number of nitrogens with zero attached hydrogens (tertiary/aromatic N) is 2. The Balaban J connectivity index is 1.77. The number of aliphatic imine (C=N–C) groups is 1. The molecule has 0 saturated heterocycles. The first kappa shape index (κ1) is 22.0. The second-order valence-electron chi connectivity index (χ2n) is 7.89. The summed E-state index contributed by atoms with van der Waals surface area (Å²) in [5.74, 6) is 0.0105. The zero-order chi connectivity index (χ0) is 22.7.